The highest BCUT2D eigenvalue weighted by molar-refractivity contribution is 6.09. The van der Waals surface area contributed by atoms with Gasteiger partial charge in [-0.25, -0.2) is 0 Å². The van der Waals surface area contributed by atoms with Gasteiger partial charge in [0.15, 0.2) is 0 Å². The Balaban J connectivity index is 2.26. The van der Waals surface area contributed by atoms with Gasteiger partial charge in [0.25, 0.3) is 0 Å². The van der Waals surface area contributed by atoms with Crippen molar-refractivity contribution in [2.24, 2.45) is 0 Å². The van der Waals surface area contributed by atoms with E-state index in [1.807, 2.05) is 11.9 Å². The van der Waals surface area contributed by atoms with E-state index in [4.69, 9.17) is 0 Å². The first-order valence-electron chi connectivity index (χ1n) is 5.04. The van der Waals surface area contributed by atoms with E-state index in [0.717, 1.165) is 18.5 Å². The van der Waals surface area contributed by atoms with Crippen LogP contribution in [0.15, 0.2) is 18.2 Å². The summed E-state index contributed by atoms with van der Waals surface area (Å²) in [6.07, 6.45) is 2.07. The first-order valence-corrected chi connectivity index (χ1v) is 5.04. The maximum Gasteiger partial charge on any atom is 0.237 e. The minimum absolute atomic E-state index is 0.113. The molecule has 1 aromatic carbocycles. The number of carbonyl (C=O) groups is 1. The number of hydrogen-bond acceptors (Lipinski definition) is 1. The molecule has 0 unspecified atom stereocenters. The molecule has 2 aliphatic rings. The lowest BCUT2D eigenvalue weighted by Gasteiger charge is -2.10. The summed E-state index contributed by atoms with van der Waals surface area (Å²) in [6, 6.07) is 6.34. The fourth-order valence-corrected chi connectivity index (χ4v) is 2.48. The molecule has 1 aromatic rings. The molecule has 14 heavy (non-hydrogen) atoms. The van der Waals surface area contributed by atoms with Crippen LogP contribution in [0.1, 0.15) is 24.0 Å². The predicted molar refractivity (Wildman–Crippen MR) is 55.5 cm³/mol. The molecule has 0 bridgehead atoms. The molecule has 2 nitrogen and oxygen atoms in total. The fourth-order valence-electron chi connectivity index (χ4n) is 2.48. The van der Waals surface area contributed by atoms with Crippen molar-refractivity contribution in [3.05, 3.63) is 29.3 Å². The highest BCUT2D eigenvalue weighted by Crippen LogP contribution is 2.56. The van der Waals surface area contributed by atoms with Gasteiger partial charge in [0.05, 0.1) is 5.41 Å². The Kier molecular flexibility index (Phi) is 1.26. The third-order valence-electron chi connectivity index (χ3n) is 3.49. The second-order valence-corrected chi connectivity index (χ2v) is 4.47. The molecule has 1 fully saturated rings. The minimum Gasteiger partial charge on any atom is -0.314 e. The van der Waals surface area contributed by atoms with Gasteiger partial charge in [-0.15, -0.1) is 0 Å². The van der Waals surface area contributed by atoms with Gasteiger partial charge in [-0.1, -0.05) is 12.1 Å². The van der Waals surface area contributed by atoms with Crippen molar-refractivity contribution in [1.29, 1.82) is 0 Å². The zero-order chi connectivity index (χ0) is 9.92. The number of benzene rings is 1. The molecule has 0 N–H and O–H groups in total. The largest absolute Gasteiger partial charge is 0.314 e. The average molecular weight is 187 g/mol. The first-order chi connectivity index (χ1) is 6.65. The van der Waals surface area contributed by atoms with Gasteiger partial charge in [0.2, 0.25) is 5.91 Å². The summed E-state index contributed by atoms with van der Waals surface area (Å²) in [4.78, 5) is 13.8. The lowest BCUT2D eigenvalue weighted by molar-refractivity contribution is -0.119. The number of aryl methyl sites for hydroxylation is 1. The topological polar surface area (TPSA) is 20.3 Å². The molecular formula is C12H13NO. The third-order valence-corrected chi connectivity index (χ3v) is 3.49. The molecule has 1 heterocycles. The molecule has 1 aliphatic carbocycles. The van der Waals surface area contributed by atoms with E-state index in [1.165, 1.54) is 11.1 Å². The van der Waals surface area contributed by atoms with E-state index >= 15 is 0 Å². The highest BCUT2D eigenvalue weighted by Gasteiger charge is 2.58. The minimum atomic E-state index is -0.113. The van der Waals surface area contributed by atoms with E-state index in [2.05, 4.69) is 25.1 Å². The van der Waals surface area contributed by atoms with Crippen molar-refractivity contribution >= 4 is 11.6 Å². The molecule has 0 radical (unpaired) electrons. The second kappa shape index (κ2) is 2.19. The van der Waals surface area contributed by atoms with Gasteiger partial charge in [-0.2, -0.15) is 0 Å². The molecule has 72 valence electrons. The maximum absolute atomic E-state index is 12.0. The van der Waals surface area contributed by atoms with Gasteiger partial charge in [-0.05, 0) is 37.0 Å². The average Bonchev–Trinajstić information content (AvgIpc) is 2.93. The Labute approximate surface area is 83.5 Å². The number of rotatable bonds is 0. The van der Waals surface area contributed by atoms with Crippen molar-refractivity contribution in [1.82, 2.24) is 0 Å². The normalized spacial score (nSPS) is 21.6. The molecule has 1 saturated carbocycles. The number of carbonyl (C=O) groups excluding carboxylic acids is 1. The lowest BCUT2D eigenvalue weighted by Crippen LogP contribution is -2.27. The number of amides is 1. The molecule has 1 spiro atoms. The van der Waals surface area contributed by atoms with Crippen LogP contribution in [0.2, 0.25) is 0 Å². The number of nitrogens with zero attached hydrogens (tertiary/aromatic N) is 1. The molecular weight excluding hydrogens is 174 g/mol. The monoisotopic (exact) mass is 187 g/mol. The Morgan fingerprint density at radius 2 is 2.07 bits per heavy atom. The molecule has 0 aromatic heterocycles. The quantitative estimate of drug-likeness (QED) is 0.608. The van der Waals surface area contributed by atoms with Crippen LogP contribution in [0.4, 0.5) is 5.69 Å². The van der Waals surface area contributed by atoms with Crippen LogP contribution >= 0.6 is 0 Å². The second-order valence-electron chi connectivity index (χ2n) is 4.47. The third kappa shape index (κ3) is 0.746. The van der Waals surface area contributed by atoms with Crippen molar-refractivity contribution in [3.8, 4) is 0 Å². The van der Waals surface area contributed by atoms with Gasteiger partial charge < -0.3 is 4.90 Å². The van der Waals surface area contributed by atoms with Crippen molar-refractivity contribution < 1.29 is 4.79 Å². The summed E-state index contributed by atoms with van der Waals surface area (Å²) in [5.74, 6) is 0.290. The van der Waals surface area contributed by atoms with Crippen LogP contribution in [0.25, 0.3) is 0 Å². The maximum atomic E-state index is 12.0. The molecule has 1 aliphatic heterocycles. The molecule has 3 rings (SSSR count). The predicted octanol–water partition coefficient (Wildman–Crippen LogP) is 2.00. The molecule has 0 saturated heterocycles. The summed E-state index contributed by atoms with van der Waals surface area (Å²) < 4.78 is 0. The van der Waals surface area contributed by atoms with E-state index in [0.29, 0.717) is 0 Å². The highest BCUT2D eigenvalue weighted by atomic mass is 16.2. The van der Waals surface area contributed by atoms with Crippen LogP contribution in [0.5, 0.6) is 0 Å². The number of fused-ring (bicyclic) bond motifs is 2. The molecule has 2 heteroatoms. The van der Waals surface area contributed by atoms with E-state index in [1.54, 1.807) is 0 Å². The standard InChI is InChI=1S/C12H13NO/c1-8-3-4-9-10(7-8)13(2)11(14)12(9)5-6-12/h3-4,7H,5-6H2,1-2H3. The van der Waals surface area contributed by atoms with E-state index in [-0.39, 0.29) is 11.3 Å². The lowest BCUT2D eigenvalue weighted by atomic mass is 9.97. The van der Waals surface area contributed by atoms with Crippen molar-refractivity contribution in [3.63, 3.8) is 0 Å². The van der Waals surface area contributed by atoms with Gasteiger partial charge in [-0.3, -0.25) is 4.79 Å². The van der Waals surface area contributed by atoms with Gasteiger partial charge in [0, 0.05) is 12.7 Å². The summed E-state index contributed by atoms with van der Waals surface area (Å²) in [5.41, 5.74) is 3.47. The molecule has 1 amide bonds. The summed E-state index contributed by atoms with van der Waals surface area (Å²) in [5, 5.41) is 0. The summed E-state index contributed by atoms with van der Waals surface area (Å²) in [7, 11) is 1.88. The van der Waals surface area contributed by atoms with Gasteiger partial charge >= 0.3 is 0 Å². The van der Waals surface area contributed by atoms with Crippen molar-refractivity contribution in [2.45, 2.75) is 25.2 Å². The van der Waals surface area contributed by atoms with Crippen LogP contribution in [0, 0.1) is 6.92 Å². The Hall–Kier alpha value is -1.31. The Morgan fingerprint density at radius 1 is 1.36 bits per heavy atom. The SMILES string of the molecule is Cc1ccc2c(c1)N(C)C(=O)C21CC1. The molecule has 0 atom stereocenters. The van der Waals surface area contributed by atoms with Crippen LogP contribution in [-0.4, -0.2) is 13.0 Å². The number of anilines is 1. The van der Waals surface area contributed by atoms with Crippen molar-refractivity contribution in [2.75, 3.05) is 11.9 Å². The van der Waals surface area contributed by atoms with Crippen LogP contribution in [0.3, 0.4) is 0 Å². The smallest absolute Gasteiger partial charge is 0.237 e. The fraction of sp³-hybridized carbons (Fsp3) is 0.417. The van der Waals surface area contributed by atoms with E-state index in [9.17, 15) is 4.79 Å². The zero-order valence-electron chi connectivity index (χ0n) is 8.50. The summed E-state index contributed by atoms with van der Waals surface area (Å²) >= 11 is 0. The Morgan fingerprint density at radius 3 is 2.71 bits per heavy atom. The summed E-state index contributed by atoms with van der Waals surface area (Å²) in [6.45, 7) is 2.07. The Bertz CT molecular complexity index is 432. The van der Waals surface area contributed by atoms with E-state index < -0.39 is 0 Å². The number of likely N-dealkylation sites (N-methyl/N-ethyl adjacent to an activating group) is 1. The van der Waals surface area contributed by atoms with Gasteiger partial charge in [0.1, 0.15) is 0 Å². The first kappa shape index (κ1) is 8.04. The zero-order valence-corrected chi connectivity index (χ0v) is 8.50. The van der Waals surface area contributed by atoms with Crippen LogP contribution in [-0.2, 0) is 10.2 Å². The number of hydrogen-bond donors (Lipinski definition) is 0. The van der Waals surface area contributed by atoms with Crippen LogP contribution < -0.4 is 4.90 Å².